The van der Waals surface area contributed by atoms with Gasteiger partial charge in [0.15, 0.2) is 0 Å². The minimum atomic E-state index is -4.37. The number of aryl methyl sites for hydroxylation is 1. The van der Waals surface area contributed by atoms with Crippen LogP contribution in [0.1, 0.15) is 28.5 Å². The summed E-state index contributed by atoms with van der Waals surface area (Å²) in [5, 5.41) is 4.32. The second-order valence-electron chi connectivity index (χ2n) is 5.63. The largest absolute Gasteiger partial charge is 0.411 e. The van der Waals surface area contributed by atoms with Crippen molar-refractivity contribution in [3.8, 4) is 0 Å². The Morgan fingerprint density at radius 1 is 1.32 bits per heavy atom. The van der Waals surface area contributed by atoms with Gasteiger partial charge in [0.1, 0.15) is 6.61 Å². The molecule has 0 fully saturated rings. The van der Waals surface area contributed by atoms with Crippen LogP contribution in [0.2, 0.25) is 0 Å². The maximum atomic E-state index is 12.5. The van der Waals surface area contributed by atoms with Crippen LogP contribution in [-0.2, 0) is 24.4 Å². The Balaban J connectivity index is 1.97. The van der Waals surface area contributed by atoms with E-state index in [1.165, 1.54) is 4.90 Å². The third-order valence-corrected chi connectivity index (χ3v) is 3.47. The Labute approximate surface area is 144 Å². The topological polar surface area (TPSA) is 47.4 Å². The van der Waals surface area contributed by atoms with Crippen LogP contribution in [-0.4, -0.2) is 40.4 Å². The molecule has 0 N–H and O–H groups in total. The van der Waals surface area contributed by atoms with E-state index in [1.54, 1.807) is 36.0 Å². The minimum Gasteiger partial charge on any atom is -0.367 e. The fourth-order valence-electron chi connectivity index (χ4n) is 2.28. The molecule has 1 aromatic heterocycles. The number of alkyl halides is 3. The average Bonchev–Trinajstić information content (AvgIpc) is 3.01. The fourth-order valence-corrected chi connectivity index (χ4v) is 2.28. The van der Waals surface area contributed by atoms with Crippen LogP contribution in [0.15, 0.2) is 36.5 Å². The number of carbonyl (C=O) groups is 1. The van der Waals surface area contributed by atoms with Crippen molar-refractivity contribution in [3.05, 3.63) is 53.3 Å². The maximum absolute atomic E-state index is 12.5. The zero-order valence-corrected chi connectivity index (χ0v) is 14.1. The lowest BCUT2D eigenvalue weighted by Crippen LogP contribution is -2.26. The first kappa shape index (κ1) is 19.0. The van der Waals surface area contributed by atoms with E-state index in [1.807, 2.05) is 19.2 Å². The average molecular weight is 355 g/mol. The van der Waals surface area contributed by atoms with E-state index in [0.29, 0.717) is 17.7 Å². The monoisotopic (exact) mass is 355 g/mol. The zero-order chi connectivity index (χ0) is 18.4. The lowest BCUT2D eigenvalue weighted by atomic mass is 10.1. The van der Waals surface area contributed by atoms with Crippen LogP contribution in [0.4, 0.5) is 13.2 Å². The van der Waals surface area contributed by atoms with Crippen LogP contribution < -0.4 is 0 Å². The van der Waals surface area contributed by atoms with Gasteiger partial charge in [-0.05, 0) is 30.7 Å². The lowest BCUT2D eigenvalue weighted by molar-refractivity contribution is -0.176. The van der Waals surface area contributed by atoms with E-state index in [-0.39, 0.29) is 12.5 Å². The van der Waals surface area contributed by atoms with Gasteiger partial charge in [0.2, 0.25) is 0 Å². The summed E-state index contributed by atoms with van der Waals surface area (Å²) in [6.45, 7) is 1.55. The first-order valence-electron chi connectivity index (χ1n) is 7.79. The van der Waals surface area contributed by atoms with Crippen LogP contribution in [0.25, 0.3) is 0 Å². The molecule has 8 heteroatoms. The second kappa shape index (κ2) is 8.15. The molecular weight excluding hydrogens is 335 g/mol. The third-order valence-electron chi connectivity index (χ3n) is 3.47. The molecule has 1 aromatic carbocycles. The Bertz CT molecular complexity index is 713. The van der Waals surface area contributed by atoms with Crippen molar-refractivity contribution in [3.63, 3.8) is 0 Å². The second-order valence-corrected chi connectivity index (χ2v) is 5.63. The number of hydrogen-bond acceptors (Lipinski definition) is 3. The molecule has 0 aliphatic carbocycles. The summed E-state index contributed by atoms with van der Waals surface area (Å²) < 4.78 is 42.7. The minimum absolute atomic E-state index is 0.203. The van der Waals surface area contributed by atoms with Crippen molar-refractivity contribution in [2.75, 3.05) is 13.7 Å². The van der Waals surface area contributed by atoms with E-state index in [4.69, 9.17) is 0 Å². The molecule has 0 radical (unpaired) electrons. The Morgan fingerprint density at radius 2 is 2.08 bits per heavy atom. The number of amides is 1. The number of aromatic nitrogens is 2. The number of ether oxygens (including phenoxy) is 1. The molecule has 0 aliphatic heterocycles. The number of rotatable bonds is 7. The highest BCUT2D eigenvalue weighted by Crippen LogP contribution is 2.16. The van der Waals surface area contributed by atoms with Crippen molar-refractivity contribution >= 4 is 5.91 Å². The van der Waals surface area contributed by atoms with Gasteiger partial charge in [0.25, 0.3) is 5.91 Å². The third kappa shape index (κ3) is 5.90. The number of nitrogens with zero attached hydrogens (tertiary/aromatic N) is 3. The van der Waals surface area contributed by atoms with Crippen LogP contribution in [0, 0.1) is 0 Å². The number of halogens is 3. The molecule has 0 atom stereocenters. The first-order chi connectivity index (χ1) is 11.8. The number of benzene rings is 1. The smallest absolute Gasteiger partial charge is 0.367 e. The molecule has 0 unspecified atom stereocenters. The summed E-state index contributed by atoms with van der Waals surface area (Å²) in [7, 11) is 1.65. The summed E-state index contributed by atoms with van der Waals surface area (Å²) in [5.74, 6) is -0.233. The van der Waals surface area contributed by atoms with Crippen molar-refractivity contribution in [1.29, 1.82) is 0 Å². The van der Waals surface area contributed by atoms with Gasteiger partial charge in [-0.25, -0.2) is 0 Å². The molecule has 0 saturated heterocycles. The van der Waals surface area contributed by atoms with Crippen LogP contribution >= 0.6 is 0 Å². The summed E-state index contributed by atoms with van der Waals surface area (Å²) in [5.41, 5.74) is 1.67. The highest BCUT2D eigenvalue weighted by atomic mass is 19.4. The summed E-state index contributed by atoms with van der Waals surface area (Å²) >= 11 is 0. The molecule has 136 valence electrons. The fraction of sp³-hybridized carbons (Fsp3) is 0.412. The first-order valence-corrected chi connectivity index (χ1v) is 7.79. The SMILES string of the molecule is CCn1ccc(CN(C)C(=O)c2cccc(COCC(F)(F)F)c2)n1. The highest BCUT2D eigenvalue weighted by molar-refractivity contribution is 5.94. The molecule has 1 heterocycles. The maximum Gasteiger partial charge on any atom is 0.411 e. The molecule has 0 spiro atoms. The van der Waals surface area contributed by atoms with Gasteiger partial charge in [0.05, 0.1) is 18.8 Å². The summed E-state index contributed by atoms with van der Waals surface area (Å²) in [6.07, 6.45) is -2.53. The molecule has 0 aliphatic rings. The Kier molecular flexibility index (Phi) is 6.19. The van der Waals surface area contributed by atoms with Crippen LogP contribution in [0.5, 0.6) is 0 Å². The van der Waals surface area contributed by atoms with E-state index < -0.39 is 12.8 Å². The van der Waals surface area contributed by atoms with Gasteiger partial charge in [-0.1, -0.05) is 12.1 Å². The van der Waals surface area contributed by atoms with Gasteiger partial charge in [0, 0.05) is 25.4 Å². The van der Waals surface area contributed by atoms with Gasteiger partial charge in [-0.3, -0.25) is 9.48 Å². The van der Waals surface area contributed by atoms with E-state index >= 15 is 0 Å². The summed E-state index contributed by atoms with van der Waals surface area (Å²) in [6, 6.07) is 8.25. The summed E-state index contributed by atoms with van der Waals surface area (Å²) in [4.78, 5) is 14.0. The molecule has 1 amide bonds. The van der Waals surface area contributed by atoms with Crippen molar-refractivity contribution in [2.45, 2.75) is 32.8 Å². The van der Waals surface area contributed by atoms with E-state index in [9.17, 15) is 18.0 Å². The van der Waals surface area contributed by atoms with Gasteiger partial charge < -0.3 is 9.64 Å². The molecule has 2 aromatic rings. The van der Waals surface area contributed by atoms with Gasteiger partial charge >= 0.3 is 6.18 Å². The van der Waals surface area contributed by atoms with Crippen molar-refractivity contribution < 1.29 is 22.7 Å². The van der Waals surface area contributed by atoms with Crippen molar-refractivity contribution in [2.24, 2.45) is 0 Å². The van der Waals surface area contributed by atoms with Crippen LogP contribution in [0.3, 0.4) is 0 Å². The normalized spacial score (nSPS) is 11.6. The number of carbonyl (C=O) groups excluding carboxylic acids is 1. The van der Waals surface area contributed by atoms with E-state index in [0.717, 1.165) is 12.2 Å². The predicted molar refractivity (Wildman–Crippen MR) is 85.9 cm³/mol. The molecule has 2 rings (SSSR count). The standard InChI is InChI=1S/C17H20F3N3O2/c1-3-23-8-7-15(21-23)10-22(2)16(24)14-6-4-5-13(9-14)11-25-12-17(18,19)20/h4-9H,3,10-12H2,1-2H3. The van der Waals surface area contributed by atoms with E-state index in [2.05, 4.69) is 9.84 Å². The number of hydrogen-bond donors (Lipinski definition) is 0. The van der Waals surface area contributed by atoms with Gasteiger partial charge in [-0.2, -0.15) is 18.3 Å². The van der Waals surface area contributed by atoms with Crippen molar-refractivity contribution in [1.82, 2.24) is 14.7 Å². The van der Waals surface area contributed by atoms with Gasteiger partial charge in [-0.15, -0.1) is 0 Å². The molecule has 0 saturated carbocycles. The molecule has 0 bridgehead atoms. The quantitative estimate of drug-likeness (QED) is 0.766. The molecule has 25 heavy (non-hydrogen) atoms. The molecular formula is C17H20F3N3O2. The Hall–Kier alpha value is -2.35. The molecule has 5 nitrogen and oxygen atoms in total. The lowest BCUT2D eigenvalue weighted by Gasteiger charge is -2.16. The Morgan fingerprint density at radius 3 is 2.72 bits per heavy atom. The highest BCUT2D eigenvalue weighted by Gasteiger charge is 2.27. The predicted octanol–water partition coefficient (Wildman–Crippen LogP) is 3.25. The zero-order valence-electron chi connectivity index (χ0n) is 14.1.